The molecule has 0 aromatic heterocycles. The Kier molecular flexibility index (Phi) is 7.51. The van der Waals surface area contributed by atoms with Gasteiger partial charge in [0.05, 0.1) is 6.54 Å². The number of hydrogen-bond acceptors (Lipinski definition) is 3. The lowest BCUT2D eigenvalue weighted by atomic mass is 10.2. The Morgan fingerprint density at radius 2 is 1.64 bits per heavy atom. The maximum atomic E-state index is 12.1. The summed E-state index contributed by atoms with van der Waals surface area (Å²) in [6, 6.07) is 11.8. The van der Waals surface area contributed by atoms with Gasteiger partial charge in [-0.2, -0.15) is 0 Å². The lowest BCUT2D eigenvalue weighted by molar-refractivity contribution is -0.274. The minimum atomic E-state index is -4.73. The van der Waals surface area contributed by atoms with Gasteiger partial charge in [-0.1, -0.05) is 23.7 Å². The summed E-state index contributed by atoms with van der Waals surface area (Å²) in [5, 5.41) is 6.09. The predicted octanol–water partition coefficient (Wildman–Crippen LogP) is 3.07. The molecule has 0 fully saturated rings. The van der Waals surface area contributed by atoms with Gasteiger partial charge in [-0.3, -0.25) is 4.79 Å². The molecule has 0 unspecified atom stereocenters. The van der Waals surface area contributed by atoms with Crippen molar-refractivity contribution >= 4 is 23.5 Å². The van der Waals surface area contributed by atoms with E-state index in [0.717, 1.165) is 0 Å². The zero-order chi connectivity index (χ0) is 20.6. The molecule has 0 saturated carbocycles. The first-order chi connectivity index (χ1) is 13.2. The van der Waals surface area contributed by atoms with E-state index in [2.05, 4.69) is 20.4 Å². The van der Waals surface area contributed by atoms with Crippen LogP contribution < -0.4 is 21.1 Å². The molecule has 0 bridgehead atoms. The van der Waals surface area contributed by atoms with Crippen LogP contribution in [0.4, 0.5) is 13.2 Å². The Bertz CT molecular complexity index is 809. The molecule has 0 atom stereocenters. The highest BCUT2D eigenvalue weighted by atomic mass is 35.5. The lowest BCUT2D eigenvalue weighted by Gasteiger charge is -2.09. The first-order valence-corrected chi connectivity index (χ1v) is 8.53. The summed E-state index contributed by atoms with van der Waals surface area (Å²) in [7, 11) is 0. The van der Waals surface area contributed by atoms with E-state index in [-0.39, 0.29) is 24.2 Å². The van der Waals surface area contributed by atoms with Gasteiger partial charge in [-0.15, -0.1) is 13.2 Å². The third kappa shape index (κ3) is 7.75. The molecule has 4 N–H and O–H groups in total. The first-order valence-electron chi connectivity index (χ1n) is 8.15. The molecule has 0 heterocycles. The van der Waals surface area contributed by atoms with Crippen molar-refractivity contribution in [1.82, 2.24) is 10.6 Å². The number of ether oxygens (including phenoxy) is 1. The number of hydrogen-bond donors (Lipinski definition) is 3. The number of rotatable bonds is 7. The van der Waals surface area contributed by atoms with E-state index in [9.17, 15) is 18.0 Å². The normalized spacial score (nSPS) is 11.8. The Labute approximate surface area is 164 Å². The number of carbonyl (C=O) groups is 1. The quantitative estimate of drug-likeness (QED) is 0.369. The molecular formula is C18H18ClF3N4O2. The molecule has 28 heavy (non-hydrogen) atoms. The summed E-state index contributed by atoms with van der Waals surface area (Å²) in [6.45, 7) is 0.858. The van der Waals surface area contributed by atoms with Gasteiger partial charge < -0.3 is 21.1 Å². The van der Waals surface area contributed by atoms with Gasteiger partial charge in [-0.05, 0) is 42.0 Å². The van der Waals surface area contributed by atoms with Gasteiger partial charge in [0.15, 0.2) is 5.96 Å². The molecule has 1 amide bonds. The number of amides is 1. The largest absolute Gasteiger partial charge is 0.573 e. The second kappa shape index (κ2) is 9.84. The number of aliphatic imine (C=N–C) groups is 1. The van der Waals surface area contributed by atoms with Crippen LogP contribution in [-0.2, 0) is 6.54 Å². The van der Waals surface area contributed by atoms with Gasteiger partial charge >= 0.3 is 6.36 Å². The molecule has 10 heteroatoms. The maximum Gasteiger partial charge on any atom is 0.573 e. The van der Waals surface area contributed by atoms with E-state index < -0.39 is 6.36 Å². The van der Waals surface area contributed by atoms with Crippen molar-refractivity contribution < 1.29 is 22.7 Å². The molecule has 2 rings (SSSR count). The molecule has 6 nitrogen and oxygen atoms in total. The van der Waals surface area contributed by atoms with Crippen LogP contribution in [0.3, 0.4) is 0 Å². The van der Waals surface area contributed by atoms with Gasteiger partial charge in [-0.25, -0.2) is 4.99 Å². The molecule has 150 valence electrons. The van der Waals surface area contributed by atoms with E-state index in [0.29, 0.717) is 29.2 Å². The van der Waals surface area contributed by atoms with Crippen LogP contribution in [0.15, 0.2) is 53.5 Å². The standard InChI is InChI=1S/C18H18ClF3N4O2/c19-14-5-3-13(4-6-14)16(27)24-9-10-25-17(23)26-11-12-1-7-15(8-2-12)28-18(20,21)22/h1-8H,9-11H2,(H,24,27)(H3,23,25,26). The predicted molar refractivity (Wildman–Crippen MR) is 100 cm³/mol. The molecule has 0 aliphatic heterocycles. The zero-order valence-corrected chi connectivity index (χ0v) is 15.3. The molecule has 2 aromatic rings. The number of nitrogens with zero attached hydrogens (tertiary/aromatic N) is 1. The summed E-state index contributed by atoms with van der Waals surface area (Å²) < 4.78 is 40.1. The van der Waals surface area contributed by atoms with E-state index in [1.165, 1.54) is 24.3 Å². The number of nitrogens with two attached hydrogens (primary N) is 1. The Hall–Kier alpha value is -2.94. The van der Waals surface area contributed by atoms with Gasteiger partial charge in [0.1, 0.15) is 5.75 Å². The SMILES string of the molecule is NC(=NCc1ccc(OC(F)(F)F)cc1)NCCNC(=O)c1ccc(Cl)cc1. The second-order valence-corrected chi connectivity index (χ2v) is 6.02. The zero-order valence-electron chi connectivity index (χ0n) is 14.6. The lowest BCUT2D eigenvalue weighted by Crippen LogP contribution is -2.38. The first kappa shape index (κ1) is 21.4. The molecular weight excluding hydrogens is 397 g/mol. The highest BCUT2D eigenvalue weighted by molar-refractivity contribution is 6.30. The molecule has 2 aromatic carbocycles. The van der Waals surface area contributed by atoms with Crippen LogP contribution in [0.2, 0.25) is 5.02 Å². The fourth-order valence-corrected chi connectivity index (χ4v) is 2.22. The summed E-state index contributed by atoms with van der Waals surface area (Å²) in [4.78, 5) is 16.0. The summed E-state index contributed by atoms with van der Waals surface area (Å²) in [5.74, 6) is -0.394. The van der Waals surface area contributed by atoms with Gasteiger partial charge in [0, 0.05) is 23.7 Å². The third-order valence-electron chi connectivity index (χ3n) is 3.41. The fraction of sp³-hybridized carbons (Fsp3) is 0.222. The van der Waals surface area contributed by atoms with E-state index >= 15 is 0 Å². The van der Waals surface area contributed by atoms with E-state index in [4.69, 9.17) is 17.3 Å². The molecule has 0 radical (unpaired) electrons. The average Bonchev–Trinajstić information content (AvgIpc) is 2.64. The Morgan fingerprint density at radius 1 is 1.04 bits per heavy atom. The van der Waals surface area contributed by atoms with Gasteiger partial charge in [0.2, 0.25) is 0 Å². The van der Waals surface area contributed by atoms with E-state index in [1.54, 1.807) is 24.3 Å². The van der Waals surface area contributed by atoms with Crippen LogP contribution in [0, 0.1) is 0 Å². The number of nitrogens with one attached hydrogen (secondary N) is 2. The molecule has 0 aliphatic rings. The van der Waals surface area contributed by atoms with Gasteiger partial charge in [0.25, 0.3) is 5.91 Å². The smallest absolute Gasteiger partial charge is 0.406 e. The average molecular weight is 415 g/mol. The number of guanidine groups is 1. The van der Waals surface area contributed by atoms with E-state index in [1.807, 2.05) is 0 Å². The van der Waals surface area contributed by atoms with Crippen molar-refractivity contribution in [2.45, 2.75) is 12.9 Å². The minimum absolute atomic E-state index is 0.149. The van der Waals surface area contributed by atoms with Crippen LogP contribution in [0.1, 0.15) is 15.9 Å². The Morgan fingerprint density at radius 3 is 2.25 bits per heavy atom. The third-order valence-corrected chi connectivity index (χ3v) is 3.66. The van der Waals surface area contributed by atoms with Crippen molar-refractivity contribution in [1.29, 1.82) is 0 Å². The fourth-order valence-electron chi connectivity index (χ4n) is 2.10. The minimum Gasteiger partial charge on any atom is -0.406 e. The van der Waals surface area contributed by atoms with Crippen LogP contribution in [-0.4, -0.2) is 31.3 Å². The number of benzene rings is 2. The number of alkyl halides is 3. The van der Waals surface area contributed by atoms with Crippen molar-refractivity contribution in [2.24, 2.45) is 10.7 Å². The number of carbonyl (C=O) groups excluding carboxylic acids is 1. The summed E-state index contributed by atoms with van der Waals surface area (Å²) in [5.41, 5.74) is 6.87. The van der Waals surface area contributed by atoms with Crippen molar-refractivity contribution in [2.75, 3.05) is 13.1 Å². The van der Waals surface area contributed by atoms with Crippen LogP contribution in [0.25, 0.3) is 0 Å². The summed E-state index contributed by atoms with van der Waals surface area (Å²) >= 11 is 5.76. The molecule has 0 spiro atoms. The second-order valence-electron chi connectivity index (χ2n) is 5.58. The highest BCUT2D eigenvalue weighted by Gasteiger charge is 2.30. The molecule has 0 saturated heterocycles. The monoisotopic (exact) mass is 414 g/mol. The topological polar surface area (TPSA) is 88.7 Å². The number of halogens is 4. The van der Waals surface area contributed by atoms with Crippen LogP contribution >= 0.6 is 11.6 Å². The maximum absolute atomic E-state index is 12.1. The molecule has 0 aliphatic carbocycles. The van der Waals surface area contributed by atoms with Crippen LogP contribution in [0.5, 0.6) is 5.75 Å². The Balaban J connectivity index is 1.71. The highest BCUT2D eigenvalue weighted by Crippen LogP contribution is 2.22. The van der Waals surface area contributed by atoms with Crippen molar-refractivity contribution in [3.8, 4) is 5.75 Å². The van der Waals surface area contributed by atoms with Crippen molar-refractivity contribution in [3.05, 3.63) is 64.7 Å². The van der Waals surface area contributed by atoms with Crippen molar-refractivity contribution in [3.63, 3.8) is 0 Å². The summed E-state index contributed by atoms with van der Waals surface area (Å²) in [6.07, 6.45) is -4.73.